The largest absolute Gasteiger partial charge is 0.497 e. The van der Waals surface area contributed by atoms with Crippen molar-refractivity contribution in [3.63, 3.8) is 0 Å². The predicted octanol–water partition coefficient (Wildman–Crippen LogP) is 6.14. The van der Waals surface area contributed by atoms with Gasteiger partial charge in [-0.15, -0.1) is 0 Å². The number of carbonyl (C=O) groups excluding carboxylic acids is 1. The highest BCUT2D eigenvalue weighted by molar-refractivity contribution is 5.87. The van der Waals surface area contributed by atoms with Gasteiger partial charge in [0.05, 0.1) is 25.3 Å². The van der Waals surface area contributed by atoms with Gasteiger partial charge >= 0.3 is 6.03 Å². The van der Waals surface area contributed by atoms with Crippen LogP contribution in [0.5, 0.6) is 5.75 Å². The van der Waals surface area contributed by atoms with Crippen LogP contribution >= 0.6 is 0 Å². The average Bonchev–Trinajstić information content (AvgIpc) is 3.41. The molecule has 37 heavy (non-hydrogen) atoms. The number of amides is 2. The number of hydrogen-bond donors (Lipinski definition) is 1. The fraction of sp³-hybridized carbons (Fsp3) is 0.207. The van der Waals surface area contributed by atoms with Gasteiger partial charge in [-0.3, -0.25) is 4.90 Å². The van der Waals surface area contributed by atoms with E-state index in [-0.39, 0.29) is 17.7 Å². The molecule has 3 aromatic carbocycles. The van der Waals surface area contributed by atoms with Crippen LogP contribution in [0.3, 0.4) is 0 Å². The van der Waals surface area contributed by atoms with Gasteiger partial charge in [-0.1, -0.05) is 48.5 Å². The summed E-state index contributed by atoms with van der Waals surface area (Å²) in [4.78, 5) is 19.6. The van der Waals surface area contributed by atoms with Crippen molar-refractivity contribution >= 4 is 11.6 Å². The maximum absolute atomic E-state index is 13.4. The van der Waals surface area contributed by atoms with Crippen molar-refractivity contribution in [3.05, 3.63) is 107 Å². The van der Waals surface area contributed by atoms with Gasteiger partial charge in [0, 0.05) is 11.3 Å². The number of rotatable bonds is 7. The lowest BCUT2D eigenvalue weighted by molar-refractivity contribution is 0.203. The van der Waals surface area contributed by atoms with E-state index in [9.17, 15) is 9.18 Å². The Kier molecular flexibility index (Phi) is 6.72. The van der Waals surface area contributed by atoms with Crippen molar-refractivity contribution in [3.8, 4) is 17.1 Å². The lowest BCUT2D eigenvalue weighted by Crippen LogP contribution is -2.45. The molecule has 188 valence electrons. The van der Waals surface area contributed by atoms with Crippen LogP contribution in [-0.4, -0.2) is 28.2 Å². The Bertz CT molecular complexity index is 1440. The second-order valence-corrected chi connectivity index (χ2v) is 8.84. The molecule has 0 radical (unpaired) electrons. The number of allylic oxidation sites excluding steroid dienone is 1. The molecule has 1 aromatic heterocycles. The molecule has 5 rings (SSSR count). The molecule has 2 heterocycles. The summed E-state index contributed by atoms with van der Waals surface area (Å²) in [6, 6.07) is 20.9. The molecular formula is C29H27FN4O3. The molecule has 2 amide bonds. The molecule has 1 N–H and O–H groups in total. The Morgan fingerprint density at radius 2 is 1.81 bits per heavy atom. The standard InChI is InChI=1S/C29H27FN4O3/c1-4-19-8-10-21(11-9-19)26-25(28-32-27(33-37-28)22-12-14-23(30)15-13-22)18(2)34(29(35)31-26)17-20-6-5-7-24(16-20)36-3/h5-16,26H,4,17H2,1-3H3,(H,31,35). The Hall–Kier alpha value is -4.46. The van der Waals surface area contributed by atoms with E-state index < -0.39 is 6.04 Å². The molecule has 1 aliphatic rings. The minimum absolute atomic E-state index is 0.230. The van der Waals surface area contributed by atoms with Crippen LogP contribution in [0.4, 0.5) is 9.18 Å². The zero-order valence-electron chi connectivity index (χ0n) is 20.9. The molecule has 1 aliphatic heterocycles. The van der Waals surface area contributed by atoms with E-state index in [1.165, 1.54) is 17.7 Å². The second-order valence-electron chi connectivity index (χ2n) is 8.84. The van der Waals surface area contributed by atoms with Crippen LogP contribution in [0.1, 0.15) is 42.5 Å². The first-order chi connectivity index (χ1) is 18.0. The van der Waals surface area contributed by atoms with E-state index in [0.29, 0.717) is 35.0 Å². The van der Waals surface area contributed by atoms with Crippen molar-refractivity contribution in [2.24, 2.45) is 0 Å². The third kappa shape index (κ3) is 4.95. The molecule has 4 aromatic rings. The number of methoxy groups -OCH3 is 1. The highest BCUT2D eigenvalue weighted by atomic mass is 19.1. The molecule has 1 atom stereocenters. The summed E-state index contributed by atoms with van der Waals surface area (Å²) in [6.07, 6.45) is 0.915. The predicted molar refractivity (Wildman–Crippen MR) is 138 cm³/mol. The van der Waals surface area contributed by atoms with Crippen LogP contribution in [0.25, 0.3) is 17.0 Å². The summed E-state index contributed by atoms with van der Waals surface area (Å²) in [5.74, 6) is 1.000. The van der Waals surface area contributed by atoms with Crippen molar-refractivity contribution in [1.29, 1.82) is 0 Å². The number of nitrogens with one attached hydrogen (secondary N) is 1. The highest BCUT2D eigenvalue weighted by Gasteiger charge is 2.35. The van der Waals surface area contributed by atoms with Gasteiger partial charge < -0.3 is 14.6 Å². The van der Waals surface area contributed by atoms with Gasteiger partial charge in [-0.25, -0.2) is 9.18 Å². The highest BCUT2D eigenvalue weighted by Crippen LogP contribution is 2.38. The Morgan fingerprint density at radius 3 is 2.51 bits per heavy atom. The molecule has 0 bridgehead atoms. The number of hydrogen-bond acceptors (Lipinski definition) is 5. The number of nitrogens with zero attached hydrogens (tertiary/aromatic N) is 3. The van der Waals surface area contributed by atoms with E-state index >= 15 is 0 Å². The maximum atomic E-state index is 13.4. The summed E-state index contributed by atoms with van der Waals surface area (Å²) in [7, 11) is 1.61. The first kappa shape index (κ1) is 24.2. The Balaban J connectivity index is 1.58. The molecule has 0 fully saturated rings. The zero-order chi connectivity index (χ0) is 25.9. The Morgan fingerprint density at radius 1 is 1.05 bits per heavy atom. The van der Waals surface area contributed by atoms with Crippen LogP contribution in [0, 0.1) is 5.82 Å². The minimum Gasteiger partial charge on any atom is -0.497 e. The van der Waals surface area contributed by atoms with Gasteiger partial charge in [-0.2, -0.15) is 4.98 Å². The number of carbonyl (C=O) groups is 1. The molecule has 1 unspecified atom stereocenters. The van der Waals surface area contributed by atoms with E-state index in [2.05, 4.69) is 34.5 Å². The number of benzene rings is 3. The molecule has 0 saturated heterocycles. The number of aromatic nitrogens is 2. The Labute approximate surface area is 214 Å². The molecule has 0 aliphatic carbocycles. The van der Waals surface area contributed by atoms with Crippen molar-refractivity contribution in [1.82, 2.24) is 20.4 Å². The third-order valence-electron chi connectivity index (χ3n) is 6.55. The fourth-order valence-electron chi connectivity index (χ4n) is 4.45. The first-order valence-corrected chi connectivity index (χ1v) is 12.1. The number of urea groups is 1. The smallest absolute Gasteiger partial charge is 0.322 e. The van der Waals surface area contributed by atoms with Gasteiger partial charge in [0.2, 0.25) is 5.82 Å². The summed E-state index contributed by atoms with van der Waals surface area (Å²) in [6.45, 7) is 4.31. The number of halogens is 1. The average molecular weight is 499 g/mol. The molecule has 0 spiro atoms. The third-order valence-corrected chi connectivity index (χ3v) is 6.55. The SMILES string of the molecule is CCc1ccc(C2NC(=O)N(Cc3cccc(OC)c3)C(C)=C2c2nc(-c3ccc(F)cc3)no2)cc1. The second kappa shape index (κ2) is 10.3. The van der Waals surface area contributed by atoms with Crippen molar-refractivity contribution in [2.45, 2.75) is 32.9 Å². The monoisotopic (exact) mass is 498 g/mol. The molecular weight excluding hydrogens is 471 g/mol. The van der Waals surface area contributed by atoms with Gasteiger partial charge in [0.25, 0.3) is 5.89 Å². The van der Waals surface area contributed by atoms with Crippen LogP contribution in [0.2, 0.25) is 0 Å². The van der Waals surface area contributed by atoms with E-state index in [4.69, 9.17) is 9.26 Å². The fourth-order valence-corrected chi connectivity index (χ4v) is 4.45. The summed E-state index contributed by atoms with van der Waals surface area (Å²) < 4.78 is 24.5. The summed E-state index contributed by atoms with van der Waals surface area (Å²) in [5.41, 5.74) is 5.05. The number of ether oxygens (including phenoxy) is 1. The van der Waals surface area contributed by atoms with Gasteiger partial charge in [0.1, 0.15) is 11.6 Å². The van der Waals surface area contributed by atoms with Crippen LogP contribution in [0.15, 0.2) is 83.0 Å². The summed E-state index contributed by atoms with van der Waals surface area (Å²) in [5, 5.41) is 7.27. The molecule has 0 saturated carbocycles. The number of aryl methyl sites for hydroxylation is 1. The lowest BCUT2D eigenvalue weighted by Gasteiger charge is -2.35. The topological polar surface area (TPSA) is 80.5 Å². The van der Waals surface area contributed by atoms with Gasteiger partial charge in [0.15, 0.2) is 0 Å². The quantitative estimate of drug-likeness (QED) is 0.331. The van der Waals surface area contributed by atoms with Gasteiger partial charge in [-0.05, 0) is 66.4 Å². The van der Waals surface area contributed by atoms with Crippen molar-refractivity contribution in [2.75, 3.05) is 7.11 Å². The maximum Gasteiger partial charge on any atom is 0.322 e. The molecule has 7 nitrogen and oxygen atoms in total. The minimum atomic E-state index is -0.485. The first-order valence-electron chi connectivity index (χ1n) is 12.1. The zero-order valence-corrected chi connectivity index (χ0v) is 20.9. The lowest BCUT2D eigenvalue weighted by atomic mass is 9.93. The molecule has 8 heteroatoms. The van der Waals surface area contributed by atoms with Crippen LogP contribution in [-0.2, 0) is 13.0 Å². The van der Waals surface area contributed by atoms with E-state index in [0.717, 1.165) is 17.5 Å². The van der Waals surface area contributed by atoms with Crippen LogP contribution < -0.4 is 10.1 Å². The van der Waals surface area contributed by atoms with E-state index in [1.54, 1.807) is 24.1 Å². The van der Waals surface area contributed by atoms with Crippen molar-refractivity contribution < 1.29 is 18.4 Å². The summed E-state index contributed by atoms with van der Waals surface area (Å²) >= 11 is 0. The normalized spacial score (nSPS) is 15.6. The van der Waals surface area contributed by atoms with E-state index in [1.807, 2.05) is 43.3 Å².